The number of esters is 1. The normalized spacial score (nSPS) is 15.7. The molecule has 1 amide bonds. The lowest BCUT2D eigenvalue weighted by Gasteiger charge is -2.13. The summed E-state index contributed by atoms with van der Waals surface area (Å²) >= 11 is 0. The Morgan fingerprint density at radius 1 is 1.37 bits per heavy atom. The molecule has 6 heteroatoms. The van der Waals surface area contributed by atoms with Crippen molar-refractivity contribution in [2.75, 3.05) is 7.11 Å². The maximum atomic E-state index is 13.4. The first kappa shape index (κ1) is 13.5. The molecule has 0 radical (unpaired) electrons. The molecule has 1 fully saturated rings. The van der Waals surface area contributed by atoms with Gasteiger partial charge in [-0.2, -0.15) is 0 Å². The second-order valence-corrected chi connectivity index (χ2v) is 4.49. The Hall–Kier alpha value is -1.98. The summed E-state index contributed by atoms with van der Waals surface area (Å²) in [6.45, 7) is -0.0936. The zero-order valence-corrected chi connectivity index (χ0v) is 10.3. The van der Waals surface area contributed by atoms with E-state index in [9.17, 15) is 18.4 Å². The van der Waals surface area contributed by atoms with E-state index < -0.39 is 28.9 Å². The molecule has 4 nitrogen and oxygen atoms in total. The Morgan fingerprint density at radius 3 is 2.58 bits per heavy atom. The summed E-state index contributed by atoms with van der Waals surface area (Å²) in [4.78, 5) is 23.3. The molecule has 1 aliphatic carbocycles. The van der Waals surface area contributed by atoms with Crippen LogP contribution >= 0.6 is 0 Å². The van der Waals surface area contributed by atoms with Gasteiger partial charge in [0.1, 0.15) is 17.0 Å². The van der Waals surface area contributed by atoms with Crippen molar-refractivity contribution < 1.29 is 23.1 Å². The maximum absolute atomic E-state index is 13.4. The number of carbonyl (C=O) groups excluding carboxylic acids is 2. The van der Waals surface area contributed by atoms with Crippen LogP contribution in [0.3, 0.4) is 0 Å². The number of rotatable bonds is 4. The third-order valence-corrected chi connectivity index (χ3v) is 3.22. The summed E-state index contributed by atoms with van der Waals surface area (Å²) in [5, 5.41) is 2.48. The first-order valence-corrected chi connectivity index (χ1v) is 5.80. The van der Waals surface area contributed by atoms with E-state index in [4.69, 9.17) is 0 Å². The summed E-state index contributed by atoms with van der Waals surface area (Å²) in [5.41, 5.74) is -0.957. The second-order valence-electron chi connectivity index (χ2n) is 4.49. The number of benzene rings is 1. The van der Waals surface area contributed by atoms with Gasteiger partial charge < -0.3 is 10.1 Å². The number of ether oxygens (including phenoxy) is 1. The molecule has 0 atom stereocenters. The van der Waals surface area contributed by atoms with Crippen molar-refractivity contribution in [2.24, 2.45) is 5.41 Å². The van der Waals surface area contributed by atoms with E-state index in [2.05, 4.69) is 10.1 Å². The number of amides is 1. The Balaban J connectivity index is 1.99. The van der Waals surface area contributed by atoms with Crippen molar-refractivity contribution in [1.29, 1.82) is 0 Å². The number of carbonyl (C=O) groups is 2. The summed E-state index contributed by atoms with van der Waals surface area (Å²) in [6.07, 6.45) is 0.856. The molecular weight excluding hydrogens is 256 g/mol. The molecule has 0 spiro atoms. The molecule has 1 N–H and O–H groups in total. The Labute approximate surface area is 108 Å². The predicted molar refractivity (Wildman–Crippen MR) is 61.9 cm³/mol. The van der Waals surface area contributed by atoms with E-state index in [1.807, 2.05) is 0 Å². The van der Waals surface area contributed by atoms with Crippen LogP contribution in [0.15, 0.2) is 18.2 Å². The van der Waals surface area contributed by atoms with Crippen molar-refractivity contribution in [3.63, 3.8) is 0 Å². The standard InChI is InChI=1S/C13H13F2NO3/c1-19-12(18)13(4-5-13)11(17)16-7-8-2-3-9(14)6-10(8)15/h2-3,6H,4-5,7H2,1H3,(H,16,17). The molecule has 1 saturated carbocycles. The van der Waals surface area contributed by atoms with Crippen molar-refractivity contribution in [3.05, 3.63) is 35.4 Å². The molecule has 19 heavy (non-hydrogen) atoms. The van der Waals surface area contributed by atoms with Crippen LogP contribution < -0.4 is 5.32 Å². The molecule has 0 unspecified atom stereocenters. The highest BCUT2D eigenvalue weighted by Gasteiger charge is 2.57. The lowest BCUT2D eigenvalue weighted by molar-refractivity contribution is -0.152. The number of hydrogen-bond donors (Lipinski definition) is 1. The van der Waals surface area contributed by atoms with Crippen molar-refractivity contribution in [2.45, 2.75) is 19.4 Å². The van der Waals surface area contributed by atoms with Crippen molar-refractivity contribution in [3.8, 4) is 0 Å². The number of hydrogen-bond acceptors (Lipinski definition) is 3. The van der Waals surface area contributed by atoms with Crippen LogP contribution in [-0.2, 0) is 20.9 Å². The van der Waals surface area contributed by atoms with Gasteiger partial charge in [0.25, 0.3) is 0 Å². The van der Waals surface area contributed by atoms with Crippen LogP contribution in [0.25, 0.3) is 0 Å². The van der Waals surface area contributed by atoms with E-state index >= 15 is 0 Å². The van der Waals surface area contributed by atoms with Gasteiger partial charge in [-0.15, -0.1) is 0 Å². The smallest absolute Gasteiger partial charge is 0.321 e. The summed E-state index contributed by atoms with van der Waals surface area (Å²) in [5.74, 6) is -2.48. The van der Waals surface area contributed by atoms with Crippen LogP contribution in [0.4, 0.5) is 8.78 Å². The fraction of sp³-hybridized carbons (Fsp3) is 0.385. The largest absolute Gasteiger partial charge is 0.468 e. The van der Waals surface area contributed by atoms with Crippen LogP contribution in [0.5, 0.6) is 0 Å². The highest BCUT2D eigenvalue weighted by Crippen LogP contribution is 2.46. The van der Waals surface area contributed by atoms with Crippen LogP contribution in [0.2, 0.25) is 0 Å². The zero-order chi connectivity index (χ0) is 14.0. The van der Waals surface area contributed by atoms with Crippen LogP contribution in [-0.4, -0.2) is 19.0 Å². The van der Waals surface area contributed by atoms with Gasteiger partial charge >= 0.3 is 5.97 Å². The second kappa shape index (κ2) is 4.95. The van der Waals surface area contributed by atoms with E-state index in [0.717, 1.165) is 12.1 Å². The predicted octanol–water partition coefficient (Wildman–Crippen LogP) is 1.53. The van der Waals surface area contributed by atoms with E-state index in [0.29, 0.717) is 12.8 Å². The molecule has 0 aliphatic heterocycles. The van der Waals surface area contributed by atoms with Gasteiger partial charge in [0.15, 0.2) is 0 Å². The topological polar surface area (TPSA) is 55.4 Å². The molecule has 102 valence electrons. The fourth-order valence-electron chi connectivity index (χ4n) is 1.85. The number of methoxy groups -OCH3 is 1. The summed E-state index contributed by atoms with van der Waals surface area (Å²) < 4.78 is 30.6. The molecule has 0 aromatic heterocycles. The highest BCUT2D eigenvalue weighted by atomic mass is 19.1. The average molecular weight is 269 g/mol. The van der Waals surface area contributed by atoms with Gasteiger partial charge in [-0.05, 0) is 18.9 Å². The van der Waals surface area contributed by atoms with Gasteiger partial charge in [-0.1, -0.05) is 6.07 Å². The van der Waals surface area contributed by atoms with Gasteiger partial charge in [-0.3, -0.25) is 9.59 Å². The van der Waals surface area contributed by atoms with Gasteiger partial charge in [0, 0.05) is 18.2 Å². The van der Waals surface area contributed by atoms with Gasteiger partial charge in [0.05, 0.1) is 7.11 Å². The monoisotopic (exact) mass is 269 g/mol. The van der Waals surface area contributed by atoms with E-state index in [1.54, 1.807) is 0 Å². The lowest BCUT2D eigenvalue weighted by atomic mass is 10.1. The quantitative estimate of drug-likeness (QED) is 0.666. The zero-order valence-electron chi connectivity index (χ0n) is 10.3. The molecular formula is C13H13F2NO3. The minimum Gasteiger partial charge on any atom is -0.468 e. The molecule has 1 aromatic rings. The minimum absolute atomic E-state index is 0.0936. The first-order chi connectivity index (χ1) is 8.99. The van der Waals surface area contributed by atoms with Gasteiger partial charge in [-0.25, -0.2) is 8.78 Å². The van der Waals surface area contributed by atoms with Gasteiger partial charge in [0.2, 0.25) is 5.91 Å². The fourth-order valence-corrected chi connectivity index (χ4v) is 1.85. The molecule has 2 rings (SSSR count). The molecule has 0 saturated heterocycles. The third-order valence-electron chi connectivity index (χ3n) is 3.22. The molecule has 0 heterocycles. The van der Waals surface area contributed by atoms with E-state index in [1.165, 1.54) is 13.2 Å². The number of halogens is 2. The Morgan fingerprint density at radius 2 is 2.05 bits per heavy atom. The molecule has 1 aliphatic rings. The van der Waals surface area contributed by atoms with E-state index in [-0.39, 0.29) is 12.1 Å². The van der Waals surface area contributed by atoms with Crippen molar-refractivity contribution in [1.82, 2.24) is 5.32 Å². The Bertz CT molecular complexity index is 527. The summed E-state index contributed by atoms with van der Waals surface area (Å²) in [7, 11) is 1.22. The highest BCUT2D eigenvalue weighted by molar-refractivity contribution is 6.05. The average Bonchev–Trinajstić information content (AvgIpc) is 3.18. The van der Waals surface area contributed by atoms with Crippen LogP contribution in [0.1, 0.15) is 18.4 Å². The molecule has 0 bridgehead atoms. The molecule has 1 aromatic carbocycles. The summed E-state index contributed by atoms with van der Waals surface area (Å²) in [6, 6.07) is 3.11. The lowest BCUT2D eigenvalue weighted by Crippen LogP contribution is -2.37. The first-order valence-electron chi connectivity index (χ1n) is 5.80. The Kier molecular flexibility index (Phi) is 3.50. The third kappa shape index (κ3) is 2.57. The number of nitrogens with one attached hydrogen (secondary N) is 1. The maximum Gasteiger partial charge on any atom is 0.321 e. The SMILES string of the molecule is COC(=O)C1(C(=O)NCc2ccc(F)cc2F)CC1. The van der Waals surface area contributed by atoms with Crippen molar-refractivity contribution >= 4 is 11.9 Å². The van der Waals surface area contributed by atoms with Crippen LogP contribution in [0, 0.1) is 17.0 Å². The minimum atomic E-state index is -1.12.